The van der Waals surface area contributed by atoms with Gasteiger partial charge < -0.3 is 0 Å². The summed E-state index contributed by atoms with van der Waals surface area (Å²) in [6.45, 7) is 13.5. The van der Waals surface area contributed by atoms with Crippen LogP contribution in [0, 0.1) is 6.92 Å². The van der Waals surface area contributed by atoms with Gasteiger partial charge in [0, 0.05) is 0 Å². The maximum absolute atomic E-state index is 3.36. The van der Waals surface area contributed by atoms with E-state index in [1.165, 1.54) is 11.1 Å². The predicted molar refractivity (Wildman–Crippen MR) is 67.8 cm³/mol. The van der Waals surface area contributed by atoms with Crippen molar-refractivity contribution in [1.29, 1.82) is 0 Å². The average molecular weight is 192 g/mol. The number of aryl methyl sites for hydroxylation is 2. The molecule has 0 aliphatic heterocycles. The summed E-state index contributed by atoms with van der Waals surface area (Å²) in [5.41, 5.74) is 2.78. The quantitative estimate of drug-likeness (QED) is 0.562. The van der Waals surface area contributed by atoms with Gasteiger partial charge in [-0.25, -0.2) is 0 Å². The lowest BCUT2D eigenvalue weighted by Gasteiger charge is -1.95. The Bertz CT molecular complexity index is 223. The fourth-order valence-corrected chi connectivity index (χ4v) is 0.932. The second-order valence-electron chi connectivity index (χ2n) is 2.75. The summed E-state index contributed by atoms with van der Waals surface area (Å²) >= 11 is 0. The summed E-state index contributed by atoms with van der Waals surface area (Å²) < 4.78 is 0. The fourth-order valence-electron chi connectivity index (χ4n) is 0.932. The van der Waals surface area contributed by atoms with E-state index in [0.29, 0.717) is 0 Å². The van der Waals surface area contributed by atoms with Crippen LogP contribution in [0.1, 0.15) is 38.8 Å². The van der Waals surface area contributed by atoms with Gasteiger partial charge in [0.15, 0.2) is 0 Å². The van der Waals surface area contributed by atoms with Crippen LogP contribution in [0.2, 0.25) is 0 Å². The second kappa shape index (κ2) is 12.0. The number of hydrogen-bond acceptors (Lipinski definition) is 0. The molecule has 0 saturated carbocycles. The topological polar surface area (TPSA) is 0 Å². The average Bonchev–Trinajstić information content (AvgIpc) is 2.22. The van der Waals surface area contributed by atoms with Crippen molar-refractivity contribution in [3.8, 4) is 0 Å². The molecule has 0 aliphatic carbocycles. The zero-order valence-electron chi connectivity index (χ0n) is 10.3. The van der Waals surface area contributed by atoms with E-state index < -0.39 is 0 Å². The predicted octanol–water partition coefficient (Wildman–Crippen LogP) is 4.78. The normalized spacial score (nSPS) is 7.50. The molecule has 80 valence electrons. The van der Waals surface area contributed by atoms with Crippen LogP contribution in [-0.4, -0.2) is 0 Å². The molecule has 0 aromatic heterocycles. The molecule has 1 aromatic carbocycles. The molecule has 0 amide bonds. The Morgan fingerprint density at radius 1 is 1.29 bits per heavy atom. The second-order valence-corrected chi connectivity index (χ2v) is 2.75. The smallest absolute Gasteiger partial charge is 0.0307 e. The number of rotatable bonds is 1. The Morgan fingerprint density at radius 3 is 2.07 bits per heavy atom. The molecule has 1 rings (SSSR count). The highest BCUT2D eigenvalue weighted by Gasteiger charge is 1.85. The van der Waals surface area contributed by atoms with E-state index in [-0.39, 0.29) is 0 Å². The lowest BCUT2D eigenvalue weighted by Crippen LogP contribution is -1.78. The Morgan fingerprint density at radius 2 is 1.79 bits per heavy atom. The minimum Gasteiger partial charge on any atom is -0.103 e. The highest BCUT2D eigenvalue weighted by molar-refractivity contribution is 5.21. The van der Waals surface area contributed by atoms with Gasteiger partial charge in [-0.2, -0.15) is 0 Å². The van der Waals surface area contributed by atoms with Crippen LogP contribution in [0.15, 0.2) is 36.9 Å². The molecular weight excluding hydrogens is 168 g/mol. The number of allylic oxidation sites excluding steroid dienone is 1. The SMILES string of the molecule is C=CC.CC.CCc1cccc(C)c1. The van der Waals surface area contributed by atoms with Crippen molar-refractivity contribution in [1.82, 2.24) is 0 Å². The van der Waals surface area contributed by atoms with Gasteiger partial charge >= 0.3 is 0 Å². The van der Waals surface area contributed by atoms with Crippen molar-refractivity contribution in [3.05, 3.63) is 48.0 Å². The summed E-state index contributed by atoms with van der Waals surface area (Å²) in [4.78, 5) is 0. The summed E-state index contributed by atoms with van der Waals surface area (Å²) in [6, 6.07) is 8.61. The summed E-state index contributed by atoms with van der Waals surface area (Å²) in [6.07, 6.45) is 2.89. The van der Waals surface area contributed by atoms with Gasteiger partial charge in [-0.1, -0.05) is 56.7 Å². The molecule has 0 aliphatic rings. The van der Waals surface area contributed by atoms with Crippen molar-refractivity contribution in [3.63, 3.8) is 0 Å². The van der Waals surface area contributed by atoms with Gasteiger partial charge in [0.25, 0.3) is 0 Å². The molecule has 0 heteroatoms. The van der Waals surface area contributed by atoms with Gasteiger partial charge in [-0.3, -0.25) is 0 Å². The molecule has 0 unspecified atom stereocenters. The van der Waals surface area contributed by atoms with E-state index in [4.69, 9.17) is 0 Å². The zero-order valence-corrected chi connectivity index (χ0v) is 10.3. The van der Waals surface area contributed by atoms with E-state index >= 15 is 0 Å². The van der Waals surface area contributed by atoms with Crippen molar-refractivity contribution in [2.24, 2.45) is 0 Å². The van der Waals surface area contributed by atoms with E-state index in [1.54, 1.807) is 6.08 Å². The number of hydrogen-bond donors (Lipinski definition) is 0. The first-order chi connectivity index (χ1) is 6.74. The molecule has 0 bridgehead atoms. The van der Waals surface area contributed by atoms with Crippen LogP contribution in [0.25, 0.3) is 0 Å². The highest BCUT2D eigenvalue weighted by atomic mass is 13.9. The molecule has 0 radical (unpaired) electrons. The third-order valence-electron chi connectivity index (χ3n) is 1.49. The standard InChI is InChI=1S/C9H12.C3H6.C2H6/c1-3-9-6-4-5-8(2)7-9;1-3-2;1-2/h4-7H,3H2,1-2H3;3H,1H2,2H3;1-2H3. The lowest BCUT2D eigenvalue weighted by atomic mass is 10.1. The van der Waals surface area contributed by atoms with Crippen LogP contribution in [-0.2, 0) is 6.42 Å². The Hall–Kier alpha value is -1.04. The van der Waals surface area contributed by atoms with E-state index in [9.17, 15) is 0 Å². The highest BCUT2D eigenvalue weighted by Crippen LogP contribution is 2.03. The summed E-state index contributed by atoms with van der Waals surface area (Å²) in [5.74, 6) is 0. The molecule has 0 saturated heterocycles. The zero-order chi connectivity index (χ0) is 11.4. The molecule has 1 aromatic rings. The maximum atomic E-state index is 3.36. The summed E-state index contributed by atoms with van der Waals surface area (Å²) in [5, 5.41) is 0. The molecule has 0 spiro atoms. The monoisotopic (exact) mass is 192 g/mol. The Balaban J connectivity index is 0. The third kappa shape index (κ3) is 9.05. The van der Waals surface area contributed by atoms with Crippen LogP contribution in [0.5, 0.6) is 0 Å². The molecule has 14 heavy (non-hydrogen) atoms. The minimum atomic E-state index is 1.14. The lowest BCUT2D eigenvalue weighted by molar-refractivity contribution is 1.13. The molecule has 0 atom stereocenters. The first-order valence-electron chi connectivity index (χ1n) is 5.37. The third-order valence-corrected chi connectivity index (χ3v) is 1.49. The van der Waals surface area contributed by atoms with Gasteiger partial charge in [0.2, 0.25) is 0 Å². The Kier molecular flexibility index (Phi) is 13.2. The Labute approximate surface area is 89.7 Å². The first-order valence-corrected chi connectivity index (χ1v) is 5.37. The first kappa shape index (κ1) is 15.4. The van der Waals surface area contributed by atoms with Gasteiger partial charge in [0.05, 0.1) is 0 Å². The van der Waals surface area contributed by atoms with Crippen molar-refractivity contribution < 1.29 is 0 Å². The number of benzene rings is 1. The largest absolute Gasteiger partial charge is 0.103 e. The van der Waals surface area contributed by atoms with Crippen LogP contribution < -0.4 is 0 Å². The van der Waals surface area contributed by atoms with Crippen molar-refractivity contribution in [2.75, 3.05) is 0 Å². The van der Waals surface area contributed by atoms with Gasteiger partial charge in [-0.15, -0.1) is 6.58 Å². The van der Waals surface area contributed by atoms with Crippen LogP contribution in [0.4, 0.5) is 0 Å². The molecule has 0 N–H and O–H groups in total. The van der Waals surface area contributed by atoms with E-state index in [2.05, 4.69) is 44.7 Å². The van der Waals surface area contributed by atoms with Crippen LogP contribution in [0.3, 0.4) is 0 Å². The maximum Gasteiger partial charge on any atom is -0.0307 e. The van der Waals surface area contributed by atoms with Crippen LogP contribution >= 0.6 is 0 Å². The van der Waals surface area contributed by atoms with Crippen molar-refractivity contribution in [2.45, 2.75) is 41.0 Å². The van der Waals surface area contributed by atoms with Gasteiger partial charge in [0.1, 0.15) is 0 Å². The fraction of sp³-hybridized carbons (Fsp3) is 0.429. The van der Waals surface area contributed by atoms with E-state index in [1.807, 2.05) is 20.8 Å². The molecule has 0 heterocycles. The summed E-state index contributed by atoms with van der Waals surface area (Å²) in [7, 11) is 0. The molecular formula is C14H24. The van der Waals surface area contributed by atoms with Gasteiger partial charge in [-0.05, 0) is 25.8 Å². The van der Waals surface area contributed by atoms with E-state index in [0.717, 1.165) is 6.42 Å². The molecule has 0 nitrogen and oxygen atoms in total. The molecule has 0 fully saturated rings. The van der Waals surface area contributed by atoms with Crippen molar-refractivity contribution >= 4 is 0 Å². The minimum absolute atomic E-state index is 1.14.